The molecule has 1 N–H and O–H groups in total. The van der Waals surface area contributed by atoms with E-state index in [9.17, 15) is 0 Å². The van der Waals surface area contributed by atoms with Crippen LogP contribution in [0.3, 0.4) is 0 Å². The molecule has 19 heavy (non-hydrogen) atoms. The summed E-state index contributed by atoms with van der Waals surface area (Å²) in [7, 11) is 0. The highest BCUT2D eigenvalue weighted by atomic mass is 15.2. The second kappa shape index (κ2) is 9.77. The third kappa shape index (κ3) is 5.07. The van der Waals surface area contributed by atoms with Crippen molar-refractivity contribution in [3.05, 3.63) is 0 Å². The minimum Gasteiger partial charge on any atom is -0.312 e. The quantitative estimate of drug-likeness (QED) is 0.602. The summed E-state index contributed by atoms with van der Waals surface area (Å²) in [4.78, 5) is 2.65. The molecule has 0 aromatic heterocycles. The Balaban J connectivity index is 5.12. The first kappa shape index (κ1) is 18.9. The lowest BCUT2D eigenvalue weighted by atomic mass is 9.78. The standard InChI is InChI=1S/C17H38N2/c1-8-13-15(6)16(18-14-9-2)17(7,10-3)19(11-4)12-5/h15-16,18H,8-14H2,1-7H3. The lowest BCUT2D eigenvalue weighted by molar-refractivity contribution is 0.0469. The molecule has 0 amide bonds. The summed E-state index contributed by atoms with van der Waals surface area (Å²) in [5, 5.41) is 3.85. The summed E-state index contributed by atoms with van der Waals surface area (Å²) >= 11 is 0. The van der Waals surface area contributed by atoms with Crippen molar-refractivity contribution in [3.8, 4) is 0 Å². The van der Waals surface area contributed by atoms with Crippen molar-refractivity contribution in [2.24, 2.45) is 5.92 Å². The molecule has 0 spiro atoms. The highest BCUT2D eigenvalue weighted by Gasteiger charge is 2.39. The molecule has 0 aliphatic carbocycles. The lowest BCUT2D eigenvalue weighted by Gasteiger charge is -2.48. The maximum Gasteiger partial charge on any atom is 0.0334 e. The van der Waals surface area contributed by atoms with Crippen LogP contribution in [-0.4, -0.2) is 36.1 Å². The van der Waals surface area contributed by atoms with Gasteiger partial charge < -0.3 is 5.32 Å². The second-order valence-corrected chi connectivity index (χ2v) is 6.08. The van der Waals surface area contributed by atoms with Crippen LogP contribution < -0.4 is 5.32 Å². The Morgan fingerprint density at radius 1 is 1.00 bits per heavy atom. The second-order valence-electron chi connectivity index (χ2n) is 6.08. The van der Waals surface area contributed by atoms with E-state index in [2.05, 4.69) is 58.7 Å². The van der Waals surface area contributed by atoms with E-state index < -0.39 is 0 Å². The zero-order valence-corrected chi connectivity index (χ0v) is 14.6. The molecule has 2 heteroatoms. The molecule has 0 aromatic carbocycles. The Morgan fingerprint density at radius 3 is 1.95 bits per heavy atom. The number of nitrogens with one attached hydrogen (secondary N) is 1. The van der Waals surface area contributed by atoms with Gasteiger partial charge in [0, 0.05) is 11.6 Å². The fraction of sp³-hybridized carbons (Fsp3) is 1.00. The van der Waals surface area contributed by atoms with Crippen LogP contribution in [0.5, 0.6) is 0 Å². The van der Waals surface area contributed by atoms with Gasteiger partial charge in [-0.2, -0.15) is 0 Å². The van der Waals surface area contributed by atoms with Gasteiger partial charge in [0.2, 0.25) is 0 Å². The minimum absolute atomic E-state index is 0.271. The van der Waals surface area contributed by atoms with E-state index in [1.165, 1.54) is 25.7 Å². The molecule has 0 rings (SSSR count). The molecule has 0 aliphatic rings. The Labute approximate surface area is 122 Å². The smallest absolute Gasteiger partial charge is 0.0334 e. The number of hydrogen-bond acceptors (Lipinski definition) is 2. The molecular formula is C17H38N2. The number of nitrogens with zero attached hydrogens (tertiary/aromatic N) is 1. The average molecular weight is 271 g/mol. The fourth-order valence-corrected chi connectivity index (χ4v) is 3.54. The van der Waals surface area contributed by atoms with Crippen LogP contribution in [0.1, 0.15) is 74.1 Å². The third-order valence-corrected chi connectivity index (χ3v) is 4.80. The van der Waals surface area contributed by atoms with E-state index in [0.29, 0.717) is 6.04 Å². The van der Waals surface area contributed by atoms with Crippen molar-refractivity contribution in [1.82, 2.24) is 10.2 Å². The normalized spacial score (nSPS) is 18.3. The van der Waals surface area contributed by atoms with Crippen LogP contribution in [0.4, 0.5) is 0 Å². The zero-order chi connectivity index (χ0) is 14.9. The van der Waals surface area contributed by atoms with Crippen molar-refractivity contribution in [3.63, 3.8) is 0 Å². The van der Waals surface area contributed by atoms with Gasteiger partial charge in [0.15, 0.2) is 0 Å². The van der Waals surface area contributed by atoms with E-state index in [4.69, 9.17) is 0 Å². The van der Waals surface area contributed by atoms with Crippen molar-refractivity contribution in [2.75, 3.05) is 19.6 Å². The van der Waals surface area contributed by atoms with Crippen LogP contribution in [0.15, 0.2) is 0 Å². The van der Waals surface area contributed by atoms with E-state index >= 15 is 0 Å². The summed E-state index contributed by atoms with van der Waals surface area (Å²) in [6.07, 6.45) is 5.03. The highest BCUT2D eigenvalue weighted by Crippen LogP contribution is 2.30. The minimum atomic E-state index is 0.271. The van der Waals surface area contributed by atoms with E-state index in [1.54, 1.807) is 0 Å². The number of rotatable bonds is 11. The van der Waals surface area contributed by atoms with Gasteiger partial charge in [0.05, 0.1) is 0 Å². The zero-order valence-electron chi connectivity index (χ0n) is 14.6. The van der Waals surface area contributed by atoms with Gasteiger partial charge >= 0.3 is 0 Å². The predicted octanol–water partition coefficient (Wildman–Crippen LogP) is 4.30. The van der Waals surface area contributed by atoms with Crippen LogP contribution in [0, 0.1) is 5.92 Å². The van der Waals surface area contributed by atoms with Gasteiger partial charge in [-0.05, 0) is 51.7 Å². The van der Waals surface area contributed by atoms with Gasteiger partial charge in [-0.3, -0.25) is 4.90 Å². The van der Waals surface area contributed by atoms with Crippen molar-refractivity contribution < 1.29 is 0 Å². The van der Waals surface area contributed by atoms with Crippen molar-refractivity contribution in [1.29, 1.82) is 0 Å². The molecule has 0 saturated heterocycles. The Kier molecular flexibility index (Phi) is 9.72. The molecule has 0 fully saturated rings. The van der Waals surface area contributed by atoms with E-state index in [0.717, 1.165) is 25.6 Å². The Bertz CT molecular complexity index is 213. The summed E-state index contributed by atoms with van der Waals surface area (Å²) in [5.41, 5.74) is 0.271. The first-order chi connectivity index (χ1) is 9.01. The molecular weight excluding hydrogens is 232 g/mol. The topological polar surface area (TPSA) is 15.3 Å². The number of likely N-dealkylation sites (N-methyl/N-ethyl adjacent to an activating group) is 1. The van der Waals surface area contributed by atoms with Crippen molar-refractivity contribution in [2.45, 2.75) is 85.7 Å². The highest BCUT2D eigenvalue weighted by molar-refractivity contribution is 4.98. The maximum atomic E-state index is 3.85. The molecule has 0 radical (unpaired) electrons. The fourth-order valence-electron chi connectivity index (χ4n) is 3.54. The summed E-state index contributed by atoms with van der Waals surface area (Å²) < 4.78 is 0. The van der Waals surface area contributed by atoms with Gasteiger partial charge in [0.25, 0.3) is 0 Å². The Morgan fingerprint density at radius 2 is 1.58 bits per heavy atom. The molecule has 116 valence electrons. The van der Waals surface area contributed by atoms with Gasteiger partial charge in [-0.15, -0.1) is 0 Å². The molecule has 3 unspecified atom stereocenters. The molecule has 0 bridgehead atoms. The number of hydrogen-bond donors (Lipinski definition) is 1. The first-order valence-corrected chi connectivity index (χ1v) is 8.49. The van der Waals surface area contributed by atoms with Gasteiger partial charge in [-0.1, -0.05) is 48.0 Å². The molecule has 0 aromatic rings. The van der Waals surface area contributed by atoms with Crippen LogP contribution in [-0.2, 0) is 0 Å². The molecule has 0 heterocycles. The molecule has 0 saturated carbocycles. The van der Waals surface area contributed by atoms with E-state index in [1.807, 2.05) is 0 Å². The molecule has 3 atom stereocenters. The SMILES string of the molecule is CCCNC(C(C)CCC)C(C)(CC)N(CC)CC. The monoisotopic (exact) mass is 270 g/mol. The van der Waals surface area contributed by atoms with Gasteiger partial charge in [-0.25, -0.2) is 0 Å². The molecule has 0 aliphatic heterocycles. The van der Waals surface area contributed by atoms with Crippen molar-refractivity contribution >= 4 is 0 Å². The van der Waals surface area contributed by atoms with Crippen LogP contribution in [0.2, 0.25) is 0 Å². The van der Waals surface area contributed by atoms with Gasteiger partial charge in [0.1, 0.15) is 0 Å². The summed E-state index contributed by atoms with van der Waals surface area (Å²) in [5.74, 6) is 0.738. The Hall–Kier alpha value is -0.0800. The van der Waals surface area contributed by atoms with Crippen LogP contribution >= 0.6 is 0 Å². The summed E-state index contributed by atoms with van der Waals surface area (Å²) in [6, 6.07) is 0.595. The summed E-state index contributed by atoms with van der Waals surface area (Å²) in [6.45, 7) is 19.8. The lowest BCUT2D eigenvalue weighted by Crippen LogP contribution is -2.61. The predicted molar refractivity (Wildman–Crippen MR) is 87.8 cm³/mol. The van der Waals surface area contributed by atoms with Crippen LogP contribution in [0.25, 0.3) is 0 Å². The molecule has 2 nitrogen and oxygen atoms in total. The third-order valence-electron chi connectivity index (χ3n) is 4.80. The average Bonchev–Trinajstić information content (AvgIpc) is 2.40. The van der Waals surface area contributed by atoms with E-state index in [-0.39, 0.29) is 5.54 Å². The largest absolute Gasteiger partial charge is 0.312 e. The first-order valence-electron chi connectivity index (χ1n) is 8.49. The maximum absolute atomic E-state index is 3.85.